The Labute approximate surface area is 174 Å². The molecule has 2 heterocycles. The SMILES string of the molecule is [2H]C([2H])([2H])NS(=O)(=O)c1ccc(Nc2ncc(CC)c(O[C@H]3CCOC[C@@]3(C)O)n2)cc1. The molecule has 1 fully saturated rings. The Balaban J connectivity index is 1.77. The Kier molecular flexibility index (Phi) is 5.22. The summed E-state index contributed by atoms with van der Waals surface area (Å²) in [7, 11) is -4.18. The van der Waals surface area contributed by atoms with Crippen molar-refractivity contribution in [2.75, 3.05) is 25.5 Å². The van der Waals surface area contributed by atoms with E-state index in [1.807, 2.05) is 6.92 Å². The molecule has 0 unspecified atom stereocenters. The zero-order valence-electron chi connectivity index (χ0n) is 19.2. The van der Waals surface area contributed by atoms with Crippen LogP contribution in [-0.4, -0.2) is 55.4 Å². The molecule has 158 valence electrons. The van der Waals surface area contributed by atoms with Gasteiger partial charge in [-0.3, -0.25) is 0 Å². The third-order valence-corrected chi connectivity index (χ3v) is 5.79. The highest BCUT2D eigenvalue weighted by molar-refractivity contribution is 7.89. The molecule has 0 saturated carbocycles. The predicted molar refractivity (Wildman–Crippen MR) is 108 cm³/mol. The van der Waals surface area contributed by atoms with Gasteiger partial charge in [0.05, 0.1) is 18.1 Å². The molecular weight excluding hydrogens is 396 g/mol. The zero-order valence-corrected chi connectivity index (χ0v) is 17.0. The van der Waals surface area contributed by atoms with Crippen LogP contribution in [0.2, 0.25) is 0 Å². The van der Waals surface area contributed by atoms with Crippen LogP contribution in [0.1, 0.15) is 29.9 Å². The van der Waals surface area contributed by atoms with Gasteiger partial charge in [-0.25, -0.2) is 18.1 Å². The van der Waals surface area contributed by atoms with Gasteiger partial charge >= 0.3 is 0 Å². The molecule has 2 aromatic rings. The van der Waals surface area contributed by atoms with Crippen molar-refractivity contribution in [1.82, 2.24) is 14.7 Å². The number of aliphatic hydroxyl groups is 1. The Hall–Kier alpha value is -2.27. The quantitative estimate of drug-likeness (QED) is 0.611. The Morgan fingerprint density at radius 1 is 1.41 bits per heavy atom. The Morgan fingerprint density at radius 3 is 2.83 bits per heavy atom. The van der Waals surface area contributed by atoms with E-state index in [0.29, 0.717) is 31.0 Å². The second kappa shape index (κ2) is 8.62. The molecule has 0 radical (unpaired) electrons. The minimum absolute atomic E-state index is 0.168. The molecule has 1 aromatic carbocycles. The van der Waals surface area contributed by atoms with Crippen LogP contribution in [0.25, 0.3) is 0 Å². The number of nitrogens with one attached hydrogen (secondary N) is 2. The summed E-state index contributed by atoms with van der Waals surface area (Å²) in [5, 5.41) is 13.5. The number of hydrogen-bond donors (Lipinski definition) is 3. The first-order valence-electron chi connectivity index (χ1n) is 10.6. The number of aromatic nitrogens is 2. The van der Waals surface area contributed by atoms with Crippen molar-refractivity contribution < 1.29 is 27.1 Å². The number of ether oxygens (including phenoxy) is 2. The van der Waals surface area contributed by atoms with Gasteiger partial charge in [-0.05, 0) is 44.6 Å². The standard InChI is InChI=1S/C19H26N4O5S/c1-4-13-11-21-18(22-14-5-7-15(8-6-14)29(25,26)20-3)23-17(13)28-16-9-10-27-12-19(16,2)24/h5-8,11,16,20,24H,4,9-10,12H2,1-3H3,(H,21,22,23)/t16-,19+/m0/s1/i3D3. The molecule has 0 spiro atoms. The fraction of sp³-hybridized carbons (Fsp3) is 0.474. The first-order chi connectivity index (χ1) is 14.9. The third kappa shape index (κ3) is 5.02. The summed E-state index contributed by atoms with van der Waals surface area (Å²) in [6.07, 6.45) is 2.28. The topological polar surface area (TPSA) is 123 Å². The van der Waals surface area contributed by atoms with Crippen molar-refractivity contribution in [2.24, 2.45) is 0 Å². The Bertz CT molecular complexity index is 1050. The van der Waals surface area contributed by atoms with Gasteiger partial charge in [0.1, 0.15) is 11.7 Å². The lowest BCUT2D eigenvalue weighted by molar-refractivity contribution is -0.139. The molecule has 0 bridgehead atoms. The molecule has 3 N–H and O–H groups in total. The fourth-order valence-corrected chi connectivity index (χ4v) is 3.51. The van der Waals surface area contributed by atoms with Gasteiger partial charge in [-0.2, -0.15) is 4.98 Å². The first-order valence-corrected chi connectivity index (χ1v) is 10.6. The minimum Gasteiger partial charge on any atom is -0.471 e. The summed E-state index contributed by atoms with van der Waals surface area (Å²) in [6.45, 7) is 1.41. The first kappa shape index (κ1) is 17.6. The van der Waals surface area contributed by atoms with Crippen molar-refractivity contribution in [2.45, 2.75) is 43.3 Å². The molecule has 0 aliphatic carbocycles. The highest BCUT2D eigenvalue weighted by atomic mass is 32.2. The summed E-state index contributed by atoms with van der Waals surface area (Å²) in [6, 6.07) is 5.48. The van der Waals surface area contributed by atoms with Crippen molar-refractivity contribution in [3.05, 3.63) is 36.0 Å². The maximum absolute atomic E-state index is 12.1. The molecule has 1 saturated heterocycles. The summed E-state index contributed by atoms with van der Waals surface area (Å²) in [5.74, 6) is 0.568. The van der Waals surface area contributed by atoms with E-state index in [4.69, 9.17) is 13.6 Å². The van der Waals surface area contributed by atoms with Gasteiger partial charge in [0, 0.05) is 28.0 Å². The van der Waals surface area contributed by atoms with Gasteiger partial charge in [0.2, 0.25) is 21.9 Å². The monoisotopic (exact) mass is 425 g/mol. The van der Waals surface area contributed by atoms with Crippen LogP contribution in [0.3, 0.4) is 0 Å². The van der Waals surface area contributed by atoms with Gasteiger partial charge in [-0.1, -0.05) is 6.92 Å². The lowest BCUT2D eigenvalue weighted by Crippen LogP contribution is -2.51. The summed E-state index contributed by atoms with van der Waals surface area (Å²) >= 11 is 0. The second-order valence-electron chi connectivity index (χ2n) is 6.94. The maximum atomic E-state index is 12.1. The van der Waals surface area contributed by atoms with E-state index in [2.05, 4.69) is 15.3 Å². The summed E-state index contributed by atoms with van der Waals surface area (Å²) in [4.78, 5) is 8.49. The van der Waals surface area contributed by atoms with Gasteiger partial charge in [-0.15, -0.1) is 0 Å². The van der Waals surface area contributed by atoms with Crippen LogP contribution in [0.5, 0.6) is 5.88 Å². The summed E-state index contributed by atoms with van der Waals surface area (Å²) < 4.78 is 58.4. The lowest BCUT2D eigenvalue weighted by atomic mass is 9.95. The maximum Gasteiger partial charge on any atom is 0.240 e. The third-order valence-electron chi connectivity index (χ3n) is 4.63. The molecule has 29 heavy (non-hydrogen) atoms. The van der Waals surface area contributed by atoms with E-state index in [1.54, 1.807) is 17.8 Å². The molecular formula is C19H26N4O5S. The highest BCUT2D eigenvalue weighted by Crippen LogP contribution is 2.27. The number of aryl methyl sites for hydroxylation is 1. The van der Waals surface area contributed by atoms with Crippen LogP contribution < -0.4 is 14.8 Å². The summed E-state index contributed by atoms with van der Waals surface area (Å²) in [5.41, 5.74) is 0.118. The molecule has 9 nitrogen and oxygen atoms in total. The van der Waals surface area contributed by atoms with Crippen molar-refractivity contribution in [3.63, 3.8) is 0 Å². The molecule has 2 atom stereocenters. The van der Waals surface area contributed by atoms with Crippen LogP contribution in [-0.2, 0) is 21.2 Å². The van der Waals surface area contributed by atoms with Crippen LogP contribution in [0.4, 0.5) is 11.6 Å². The molecule has 0 amide bonds. The normalized spacial score (nSPS) is 24.2. The van der Waals surface area contributed by atoms with Crippen LogP contribution >= 0.6 is 0 Å². The van der Waals surface area contributed by atoms with E-state index in [9.17, 15) is 13.5 Å². The molecule has 1 aliphatic rings. The van der Waals surface area contributed by atoms with Crippen LogP contribution in [0, 0.1) is 0 Å². The van der Waals surface area contributed by atoms with Crippen LogP contribution in [0.15, 0.2) is 35.4 Å². The van der Waals surface area contributed by atoms with Gasteiger partial charge in [0.25, 0.3) is 0 Å². The second-order valence-corrected chi connectivity index (χ2v) is 8.62. The largest absolute Gasteiger partial charge is 0.471 e. The molecule has 10 heteroatoms. The van der Waals surface area contributed by atoms with E-state index in [0.717, 1.165) is 5.56 Å². The highest BCUT2D eigenvalue weighted by Gasteiger charge is 2.38. The number of anilines is 2. The Morgan fingerprint density at radius 2 is 2.17 bits per heavy atom. The lowest BCUT2D eigenvalue weighted by Gasteiger charge is -2.36. The number of nitrogens with zero attached hydrogens (tertiary/aromatic N) is 2. The van der Waals surface area contributed by atoms with E-state index >= 15 is 0 Å². The number of benzene rings is 1. The fourth-order valence-electron chi connectivity index (χ4n) is 2.90. The number of hydrogen-bond acceptors (Lipinski definition) is 8. The molecule has 1 aliphatic heterocycles. The molecule has 1 aromatic heterocycles. The average molecular weight is 426 g/mol. The van der Waals surface area contributed by atoms with E-state index < -0.39 is 28.7 Å². The zero-order chi connectivity index (χ0) is 23.6. The van der Waals surface area contributed by atoms with Crippen molar-refractivity contribution >= 4 is 21.7 Å². The van der Waals surface area contributed by atoms with E-state index in [1.165, 1.54) is 24.3 Å². The smallest absolute Gasteiger partial charge is 0.240 e. The molecule has 3 rings (SSSR count). The van der Waals surface area contributed by atoms with E-state index in [-0.39, 0.29) is 17.5 Å². The number of sulfonamides is 1. The van der Waals surface area contributed by atoms with Gasteiger partial charge < -0.3 is 19.9 Å². The predicted octanol–water partition coefficient (Wildman–Crippen LogP) is 1.61. The minimum atomic E-state index is -4.18. The van der Waals surface area contributed by atoms with Crippen molar-refractivity contribution in [1.29, 1.82) is 0 Å². The number of rotatable bonds is 7. The average Bonchev–Trinajstić information content (AvgIpc) is 2.68. The van der Waals surface area contributed by atoms with Gasteiger partial charge in [0.15, 0.2) is 0 Å². The van der Waals surface area contributed by atoms with Crippen molar-refractivity contribution in [3.8, 4) is 5.88 Å².